The van der Waals surface area contributed by atoms with Crippen molar-refractivity contribution in [3.05, 3.63) is 0 Å². The summed E-state index contributed by atoms with van der Waals surface area (Å²) in [7, 11) is 0. The molecule has 16 heavy (non-hydrogen) atoms. The van der Waals surface area contributed by atoms with Crippen molar-refractivity contribution in [2.24, 2.45) is 5.73 Å². The van der Waals surface area contributed by atoms with Crippen LogP contribution in [-0.2, 0) is 4.74 Å². The number of nitrogens with zero attached hydrogens (tertiary/aromatic N) is 1. The summed E-state index contributed by atoms with van der Waals surface area (Å²) < 4.78 is 5.50. The molecule has 0 amide bonds. The Morgan fingerprint density at radius 3 is 2.38 bits per heavy atom. The highest BCUT2D eigenvalue weighted by Gasteiger charge is 2.23. The predicted molar refractivity (Wildman–Crippen MR) is 68.0 cm³/mol. The van der Waals surface area contributed by atoms with Crippen LogP contribution in [0.1, 0.15) is 26.7 Å². The van der Waals surface area contributed by atoms with E-state index < -0.39 is 0 Å². The van der Waals surface area contributed by atoms with E-state index in [-0.39, 0.29) is 24.6 Å². The Kier molecular flexibility index (Phi) is 7.52. The minimum absolute atomic E-state index is 0. The van der Waals surface area contributed by atoms with Gasteiger partial charge in [-0.15, -0.1) is 12.4 Å². The molecule has 0 aromatic rings. The Balaban J connectivity index is 0.00000225. The van der Waals surface area contributed by atoms with Gasteiger partial charge in [0.2, 0.25) is 0 Å². The lowest BCUT2D eigenvalue weighted by atomic mass is 10.0. The normalized spacial score (nSPS) is 19.5. The maximum absolute atomic E-state index is 8.65. The third-order valence-electron chi connectivity index (χ3n) is 2.61. The van der Waals surface area contributed by atoms with Crippen molar-refractivity contribution >= 4 is 12.4 Å². The zero-order chi connectivity index (χ0) is 11.3. The number of aliphatic hydroxyl groups is 1. The predicted octanol–water partition coefficient (Wildman–Crippen LogP) is 0.619. The molecule has 1 aliphatic heterocycles. The lowest BCUT2D eigenvalue weighted by molar-refractivity contribution is -0.0101. The lowest BCUT2D eigenvalue weighted by Crippen LogP contribution is -2.48. The molecule has 1 fully saturated rings. The topological polar surface area (TPSA) is 58.7 Å². The van der Waals surface area contributed by atoms with E-state index in [1.807, 2.05) is 0 Å². The van der Waals surface area contributed by atoms with Crippen molar-refractivity contribution in [3.8, 4) is 0 Å². The molecular formula is C11H25ClN2O2. The summed E-state index contributed by atoms with van der Waals surface area (Å²) in [5, 5.41) is 8.65. The highest BCUT2D eigenvalue weighted by molar-refractivity contribution is 5.85. The van der Waals surface area contributed by atoms with Gasteiger partial charge in [-0.25, -0.2) is 0 Å². The van der Waals surface area contributed by atoms with Crippen LogP contribution in [0.4, 0.5) is 0 Å². The molecular weight excluding hydrogens is 228 g/mol. The van der Waals surface area contributed by atoms with E-state index in [1.54, 1.807) is 0 Å². The fraction of sp³-hybridized carbons (Fsp3) is 1.00. The first-order valence-corrected chi connectivity index (χ1v) is 5.75. The van der Waals surface area contributed by atoms with Crippen molar-refractivity contribution < 1.29 is 9.84 Å². The highest BCUT2D eigenvalue weighted by atomic mass is 35.5. The van der Waals surface area contributed by atoms with Crippen molar-refractivity contribution in [1.29, 1.82) is 0 Å². The number of halogens is 1. The van der Waals surface area contributed by atoms with E-state index in [9.17, 15) is 0 Å². The number of nitrogens with two attached hydrogens (primary N) is 1. The SMILES string of the molecule is CC(C)(N)CN1CCC(OCCO)CC1.Cl. The summed E-state index contributed by atoms with van der Waals surface area (Å²) in [5.74, 6) is 0. The molecule has 0 aliphatic carbocycles. The maximum Gasteiger partial charge on any atom is 0.0701 e. The molecule has 0 radical (unpaired) electrons. The third kappa shape index (κ3) is 6.66. The third-order valence-corrected chi connectivity index (χ3v) is 2.61. The van der Waals surface area contributed by atoms with Crippen molar-refractivity contribution in [2.75, 3.05) is 32.8 Å². The fourth-order valence-electron chi connectivity index (χ4n) is 2.03. The number of hydrogen-bond donors (Lipinski definition) is 2. The van der Waals surface area contributed by atoms with Gasteiger partial charge in [0.05, 0.1) is 19.3 Å². The second-order valence-electron chi connectivity index (χ2n) is 5.06. The van der Waals surface area contributed by atoms with Gasteiger partial charge in [-0.1, -0.05) is 0 Å². The summed E-state index contributed by atoms with van der Waals surface area (Å²) >= 11 is 0. The van der Waals surface area contributed by atoms with E-state index in [1.165, 1.54) is 0 Å². The van der Waals surface area contributed by atoms with Crippen molar-refractivity contribution in [2.45, 2.75) is 38.3 Å². The number of piperidine rings is 1. The summed E-state index contributed by atoms with van der Waals surface area (Å²) in [4.78, 5) is 2.39. The zero-order valence-corrected chi connectivity index (χ0v) is 11.1. The van der Waals surface area contributed by atoms with Gasteiger partial charge in [0.25, 0.3) is 0 Å². The fourth-order valence-corrected chi connectivity index (χ4v) is 2.03. The minimum atomic E-state index is -0.112. The molecule has 1 heterocycles. The zero-order valence-electron chi connectivity index (χ0n) is 10.3. The Bertz CT molecular complexity index is 177. The van der Waals surface area contributed by atoms with Crippen LogP contribution in [0.2, 0.25) is 0 Å². The molecule has 1 rings (SSSR count). The minimum Gasteiger partial charge on any atom is -0.394 e. The quantitative estimate of drug-likeness (QED) is 0.753. The lowest BCUT2D eigenvalue weighted by Gasteiger charge is -2.35. The smallest absolute Gasteiger partial charge is 0.0701 e. The molecule has 1 saturated heterocycles. The molecule has 4 nitrogen and oxygen atoms in total. The van der Waals surface area contributed by atoms with Gasteiger partial charge in [-0.3, -0.25) is 0 Å². The first-order chi connectivity index (χ1) is 7.01. The average molecular weight is 253 g/mol. The van der Waals surface area contributed by atoms with Gasteiger partial charge in [0.1, 0.15) is 0 Å². The molecule has 0 saturated carbocycles. The maximum atomic E-state index is 8.65. The van der Waals surface area contributed by atoms with Gasteiger partial charge in [-0.2, -0.15) is 0 Å². The Hall–Kier alpha value is 0.130. The Morgan fingerprint density at radius 2 is 1.94 bits per heavy atom. The molecule has 0 atom stereocenters. The summed E-state index contributed by atoms with van der Waals surface area (Å²) in [6.07, 6.45) is 2.43. The Morgan fingerprint density at radius 1 is 1.38 bits per heavy atom. The summed E-state index contributed by atoms with van der Waals surface area (Å²) in [6, 6.07) is 0. The van der Waals surface area contributed by atoms with Crippen molar-refractivity contribution in [3.63, 3.8) is 0 Å². The van der Waals surface area contributed by atoms with E-state index in [0.717, 1.165) is 32.5 Å². The van der Waals surface area contributed by atoms with Gasteiger partial charge in [-0.05, 0) is 26.7 Å². The summed E-state index contributed by atoms with van der Waals surface area (Å²) in [5.41, 5.74) is 5.86. The van der Waals surface area contributed by atoms with Crippen molar-refractivity contribution in [1.82, 2.24) is 4.90 Å². The van der Waals surface area contributed by atoms with E-state index in [2.05, 4.69) is 18.7 Å². The largest absolute Gasteiger partial charge is 0.394 e. The van der Waals surface area contributed by atoms with E-state index in [4.69, 9.17) is 15.6 Å². The number of ether oxygens (including phenoxy) is 1. The van der Waals surface area contributed by atoms with E-state index in [0.29, 0.717) is 12.7 Å². The molecule has 0 bridgehead atoms. The van der Waals surface area contributed by atoms with Gasteiger partial charge < -0.3 is 20.5 Å². The molecule has 0 unspecified atom stereocenters. The molecule has 0 aromatic carbocycles. The monoisotopic (exact) mass is 252 g/mol. The second-order valence-corrected chi connectivity index (χ2v) is 5.06. The van der Waals surface area contributed by atoms with Gasteiger partial charge in [0.15, 0.2) is 0 Å². The van der Waals surface area contributed by atoms with Gasteiger partial charge in [0, 0.05) is 25.2 Å². The number of aliphatic hydroxyl groups excluding tert-OH is 1. The first-order valence-electron chi connectivity index (χ1n) is 5.75. The van der Waals surface area contributed by atoms with Crippen LogP contribution in [0.5, 0.6) is 0 Å². The molecule has 1 aliphatic rings. The highest BCUT2D eigenvalue weighted by Crippen LogP contribution is 2.15. The molecule has 0 spiro atoms. The van der Waals surface area contributed by atoms with Crippen LogP contribution in [-0.4, -0.2) is 54.5 Å². The van der Waals surface area contributed by atoms with Crippen LogP contribution in [0.3, 0.4) is 0 Å². The number of hydrogen-bond acceptors (Lipinski definition) is 4. The standard InChI is InChI=1S/C11H24N2O2.ClH/c1-11(2,12)9-13-5-3-10(4-6-13)15-8-7-14;/h10,14H,3-9,12H2,1-2H3;1H. The number of rotatable bonds is 5. The Labute approximate surface area is 105 Å². The van der Waals surface area contributed by atoms with Crippen LogP contribution >= 0.6 is 12.4 Å². The molecule has 3 N–H and O–H groups in total. The molecule has 0 aromatic heterocycles. The second kappa shape index (κ2) is 7.45. The van der Waals surface area contributed by atoms with Crippen LogP contribution < -0.4 is 5.73 Å². The molecule has 98 valence electrons. The average Bonchev–Trinajstić information content (AvgIpc) is 2.14. The van der Waals surface area contributed by atoms with Crippen LogP contribution in [0.25, 0.3) is 0 Å². The van der Waals surface area contributed by atoms with Crippen LogP contribution in [0.15, 0.2) is 0 Å². The first kappa shape index (κ1) is 16.1. The number of likely N-dealkylation sites (tertiary alicyclic amines) is 1. The van der Waals surface area contributed by atoms with Crippen LogP contribution in [0, 0.1) is 0 Å². The summed E-state index contributed by atoms with van der Waals surface area (Å²) in [6.45, 7) is 7.75. The molecule has 5 heteroatoms. The van der Waals surface area contributed by atoms with Gasteiger partial charge >= 0.3 is 0 Å². The van der Waals surface area contributed by atoms with E-state index >= 15 is 0 Å².